The molecule has 0 radical (unpaired) electrons. The summed E-state index contributed by atoms with van der Waals surface area (Å²) in [6.45, 7) is 3.86. The lowest BCUT2D eigenvalue weighted by Crippen LogP contribution is -2.45. The number of para-hydroxylation sites is 1. The molecule has 0 N–H and O–H groups in total. The van der Waals surface area contributed by atoms with Crippen molar-refractivity contribution < 1.29 is 4.74 Å². The highest BCUT2D eigenvalue weighted by molar-refractivity contribution is 5.79. The zero-order valence-corrected chi connectivity index (χ0v) is 17.8. The quantitative estimate of drug-likeness (QED) is 0.550. The Bertz CT molecular complexity index is 1070. The average molecular weight is 410 g/mol. The smallest absolute Gasteiger partial charge is 0.126 e. The van der Waals surface area contributed by atoms with Crippen LogP contribution in [0.4, 0.5) is 0 Å². The van der Waals surface area contributed by atoms with Crippen LogP contribution in [-0.4, -0.2) is 49.4 Å². The van der Waals surface area contributed by atoms with Crippen molar-refractivity contribution in [2.45, 2.75) is 6.04 Å². The number of allylic oxidation sites excluding steroid dienone is 1. The number of benzene rings is 3. The molecule has 1 aliphatic carbocycles. The third-order valence-corrected chi connectivity index (χ3v) is 6.19. The molecule has 0 atom stereocenters. The van der Waals surface area contributed by atoms with Gasteiger partial charge >= 0.3 is 0 Å². The van der Waals surface area contributed by atoms with Gasteiger partial charge in [0.25, 0.3) is 0 Å². The first-order valence-corrected chi connectivity index (χ1v) is 10.9. The standard InChI is InChI=1S/C27H27N3O/c1-31-26-15-7-2-9-21(26)10-8-16-28-30-19-17-29(18-20-30)27-24-13-5-3-11-22(24)23-12-4-6-14-25(23)27/h2-16,27H,17-20H2,1H3/b10-8+,28-16-. The Balaban J connectivity index is 1.24. The number of methoxy groups -OCH3 is 1. The van der Waals surface area contributed by atoms with Crippen molar-refractivity contribution in [3.63, 3.8) is 0 Å². The topological polar surface area (TPSA) is 28.1 Å². The monoisotopic (exact) mass is 409 g/mol. The van der Waals surface area contributed by atoms with Crippen LogP contribution < -0.4 is 4.74 Å². The number of hydrazone groups is 1. The number of fused-ring (bicyclic) bond motifs is 3. The number of piperazine rings is 1. The van der Waals surface area contributed by atoms with E-state index in [1.165, 1.54) is 22.3 Å². The molecule has 31 heavy (non-hydrogen) atoms. The lowest BCUT2D eigenvalue weighted by molar-refractivity contribution is 0.114. The fourth-order valence-electron chi connectivity index (χ4n) is 4.69. The van der Waals surface area contributed by atoms with Gasteiger partial charge in [-0.1, -0.05) is 66.7 Å². The fraction of sp³-hybridized carbons (Fsp3) is 0.222. The van der Waals surface area contributed by atoms with Crippen LogP contribution in [0.2, 0.25) is 0 Å². The summed E-state index contributed by atoms with van der Waals surface area (Å²) in [6, 6.07) is 26.0. The Hall–Kier alpha value is -3.37. The highest BCUT2D eigenvalue weighted by Gasteiger charge is 2.33. The predicted octanol–water partition coefficient (Wildman–Crippen LogP) is 5.08. The van der Waals surface area contributed by atoms with E-state index in [2.05, 4.69) is 63.5 Å². The molecule has 3 aromatic rings. The molecule has 1 fully saturated rings. The van der Waals surface area contributed by atoms with Gasteiger partial charge in [0.2, 0.25) is 0 Å². The first-order chi connectivity index (χ1) is 15.3. The van der Waals surface area contributed by atoms with Crippen molar-refractivity contribution >= 4 is 12.3 Å². The van der Waals surface area contributed by atoms with Crippen molar-refractivity contribution in [1.82, 2.24) is 9.91 Å². The van der Waals surface area contributed by atoms with Crippen LogP contribution in [0.25, 0.3) is 17.2 Å². The Kier molecular flexibility index (Phi) is 5.55. The first-order valence-electron chi connectivity index (χ1n) is 10.9. The molecule has 0 saturated carbocycles. The first kappa shape index (κ1) is 19.6. The van der Waals surface area contributed by atoms with Gasteiger partial charge in [-0.3, -0.25) is 9.91 Å². The number of hydrogen-bond donors (Lipinski definition) is 0. The zero-order chi connectivity index (χ0) is 21.0. The summed E-state index contributed by atoms with van der Waals surface area (Å²) in [5, 5.41) is 6.82. The van der Waals surface area contributed by atoms with Crippen LogP contribution in [0.5, 0.6) is 5.75 Å². The van der Waals surface area contributed by atoms with Crippen molar-refractivity contribution in [2.75, 3.05) is 33.3 Å². The van der Waals surface area contributed by atoms with Gasteiger partial charge < -0.3 is 4.74 Å². The largest absolute Gasteiger partial charge is 0.496 e. The van der Waals surface area contributed by atoms with E-state index >= 15 is 0 Å². The lowest BCUT2D eigenvalue weighted by Gasteiger charge is -2.37. The van der Waals surface area contributed by atoms with Gasteiger partial charge in [0.05, 0.1) is 13.2 Å². The van der Waals surface area contributed by atoms with Gasteiger partial charge in [-0.2, -0.15) is 5.10 Å². The minimum atomic E-state index is 0.351. The van der Waals surface area contributed by atoms with E-state index in [1.807, 2.05) is 42.6 Å². The third-order valence-electron chi connectivity index (χ3n) is 6.19. The van der Waals surface area contributed by atoms with E-state index in [0.717, 1.165) is 37.5 Å². The number of nitrogens with zero attached hydrogens (tertiary/aromatic N) is 3. The van der Waals surface area contributed by atoms with Crippen LogP contribution in [0.3, 0.4) is 0 Å². The molecular formula is C27H27N3O. The zero-order valence-electron chi connectivity index (χ0n) is 17.8. The molecule has 3 aromatic carbocycles. The molecule has 2 aliphatic rings. The molecule has 1 aliphatic heterocycles. The maximum atomic E-state index is 5.39. The molecule has 0 amide bonds. The van der Waals surface area contributed by atoms with E-state index in [0.29, 0.717) is 6.04 Å². The molecular weight excluding hydrogens is 382 g/mol. The van der Waals surface area contributed by atoms with Crippen molar-refractivity contribution in [3.8, 4) is 16.9 Å². The molecule has 0 aromatic heterocycles. The predicted molar refractivity (Wildman–Crippen MR) is 127 cm³/mol. The molecule has 1 heterocycles. The highest BCUT2D eigenvalue weighted by Crippen LogP contribution is 2.46. The number of ether oxygens (including phenoxy) is 1. The van der Waals surface area contributed by atoms with E-state index < -0.39 is 0 Å². The maximum Gasteiger partial charge on any atom is 0.126 e. The molecule has 0 unspecified atom stereocenters. The summed E-state index contributed by atoms with van der Waals surface area (Å²) >= 11 is 0. The normalized spacial score (nSPS) is 16.7. The van der Waals surface area contributed by atoms with Crippen LogP contribution in [0, 0.1) is 0 Å². The van der Waals surface area contributed by atoms with Gasteiger partial charge in [-0.25, -0.2) is 0 Å². The molecule has 4 heteroatoms. The Morgan fingerprint density at radius 2 is 1.42 bits per heavy atom. The SMILES string of the molecule is COc1ccccc1/C=C/C=N\N1CCN(C2c3ccccc3-c3ccccc32)CC1. The summed E-state index contributed by atoms with van der Waals surface area (Å²) in [5.41, 5.74) is 6.68. The third kappa shape index (κ3) is 3.87. The van der Waals surface area contributed by atoms with Gasteiger partial charge in [-0.05, 0) is 40.5 Å². The minimum Gasteiger partial charge on any atom is -0.496 e. The Morgan fingerprint density at radius 1 is 0.806 bits per heavy atom. The van der Waals surface area contributed by atoms with Crippen LogP contribution in [-0.2, 0) is 0 Å². The summed E-state index contributed by atoms with van der Waals surface area (Å²) < 4.78 is 5.39. The van der Waals surface area contributed by atoms with Gasteiger partial charge in [0, 0.05) is 38.0 Å². The van der Waals surface area contributed by atoms with Gasteiger partial charge in [0.15, 0.2) is 0 Å². The van der Waals surface area contributed by atoms with Crippen molar-refractivity contribution in [2.24, 2.45) is 5.10 Å². The van der Waals surface area contributed by atoms with E-state index in [-0.39, 0.29) is 0 Å². The summed E-state index contributed by atoms with van der Waals surface area (Å²) in [6.07, 6.45) is 5.89. The van der Waals surface area contributed by atoms with E-state index in [1.54, 1.807) is 7.11 Å². The second kappa shape index (κ2) is 8.78. The van der Waals surface area contributed by atoms with E-state index in [9.17, 15) is 0 Å². The number of rotatable bonds is 5. The fourth-order valence-corrected chi connectivity index (χ4v) is 4.69. The van der Waals surface area contributed by atoms with Crippen LogP contribution in [0.15, 0.2) is 84.0 Å². The average Bonchev–Trinajstić information content (AvgIpc) is 3.17. The lowest BCUT2D eigenvalue weighted by atomic mass is 10.0. The molecule has 1 saturated heterocycles. The summed E-state index contributed by atoms with van der Waals surface area (Å²) in [4.78, 5) is 2.60. The maximum absolute atomic E-state index is 5.39. The second-order valence-electron chi connectivity index (χ2n) is 7.93. The minimum absolute atomic E-state index is 0.351. The molecule has 4 nitrogen and oxygen atoms in total. The van der Waals surface area contributed by atoms with Gasteiger partial charge in [-0.15, -0.1) is 0 Å². The second-order valence-corrected chi connectivity index (χ2v) is 7.93. The summed E-state index contributed by atoms with van der Waals surface area (Å²) in [7, 11) is 1.70. The van der Waals surface area contributed by atoms with Crippen LogP contribution >= 0.6 is 0 Å². The highest BCUT2D eigenvalue weighted by atomic mass is 16.5. The van der Waals surface area contributed by atoms with Crippen LogP contribution in [0.1, 0.15) is 22.7 Å². The molecule has 5 rings (SSSR count). The molecule has 0 bridgehead atoms. The summed E-state index contributed by atoms with van der Waals surface area (Å²) in [5.74, 6) is 0.873. The van der Waals surface area contributed by atoms with Crippen molar-refractivity contribution in [1.29, 1.82) is 0 Å². The Labute approximate surface area is 184 Å². The van der Waals surface area contributed by atoms with Gasteiger partial charge in [0.1, 0.15) is 5.75 Å². The molecule has 156 valence electrons. The Morgan fingerprint density at radius 3 is 2.10 bits per heavy atom. The van der Waals surface area contributed by atoms with Crippen molar-refractivity contribution in [3.05, 3.63) is 95.6 Å². The van der Waals surface area contributed by atoms with E-state index in [4.69, 9.17) is 4.74 Å². The molecule has 0 spiro atoms. The number of hydrogen-bond acceptors (Lipinski definition) is 4.